The molecular weight excluding hydrogens is 298 g/mol. The van der Waals surface area contributed by atoms with Gasteiger partial charge in [0.2, 0.25) is 0 Å². The van der Waals surface area contributed by atoms with Gasteiger partial charge in [-0.25, -0.2) is 4.79 Å². The Kier molecular flexibility index (Phi) is 4.66. The molecule has 2 amide bonds. The quantitative estimate of drug-likeness (QED) is 0.678. The molecule has 24 heavy (non-hydrogen) atoms. The number of hydrogen-bond acceptors (Lipinski definition) is 1. The van der Waals surface area contributed by atoms with Crippen LogP contribution in [-0.4, -0.2) is 10.6 Å². The maximum absolute atomic E-state index is 12.1. The molecule has 0 unspecified atom stereocenters. The Morgan fingerprint density at radius 1 is 0.833 bits per heavy atom. The number of nitrogens with zero attached hydrogens (tertiary/aromatic N) is 1. The summed E-state index contributed by atoms with van der Waals surface area (Å²) in [5, 5.41) is 5.68. The molecule has 0 radical (unpaired) electrons. The first-order valence-electron chi connectivity index (χ1n) is 8.03. The van der Waals surface area contributed by atoms with Crippen LogP contribution < -0.4 is 10.6 Å². The molecule has 3 rings (SSSR count). The molecule has 0 bridgehead atoms. The van der Waals surface area contributed by atoms with Crippen molar-refractivity contribution < 1.29 is 4.79 Å². The van der Waals surface area contributed by atoms with E-state index in [4.69, 9.17) is 0 Å². The van der Waals surface area contributed by atoms with E-state index in [2.05, 4.69) is 24.5 Å². The monoisotopic (exact) mass is 319 g/mol. The van der Waals surface area contributed by atoms with Crippen LogP contribution in [0.2, 0.25) is 0 Å². The van der Waals surface area contributed by atoms with Gasteiger partial charge in [0.1, 0.15) is 0 Å². The van der Waals surface area contributed by atoms with Crippen molar-refractivity contribution in [1.29, 1.82) is 0 Å². The summed E-state index contributed by atoms with van der Waals surface area (Å²) in [5.74, 6) is 0.478. The van der Waals surface area contributed by atoms with Crippen LogP contribution in [0.15, 0.2) is 73.1 Å². The first kappa shape index (κ1) is 15.9. The Morgan fingerprint density at radius 3 is 1.83 bits per heavy atom. The number of anilines is 2. The molecule has 0 saturated carbocycles. The third-order valence-corrected chi connectivity index (χ3v) is 3.86. The van der Waals surface area contributed by atoms with Crippen LogP contribution in [0.5, 0.6) is 0 Å². The van der Waals surface area contributed by atoms with Crippen molar-refractivity contribution in [1.82, 2.24) is 4.57 Å². The second kappa shape index (κ2) is 7.04. The Labute approximate surface area is 142 Å². The fourth-order valence-electron chi connectivity index (χ4n) is 2.47. The molecule has 0 fully saturated rings. The minimum Gasteiger partial charge on any atom is -0.324 e. The van der Waals surface area contributed by atoms with Crippen LogP contribution in [0.4, 0.5) is 16.2 Å². The summed E-state index contributed by atoms with van der Waals surface area (Å²) in [4.78, 5) is 12.1. The van der Waals surface area contributed by atoms with Crippen molar-refractivity contribution in [2.24, 2.45) is 0 Å². The summed E-state index contributed by atoms with van der Waals surface area (Å²) >= 11 is 0. The largest absolute Gasteiger partial charge is 0.324 e. The third kappa shape index (κ3) is 3.84. The first-order chi connectivity index (χ1) is 11.6. The predicted octanol–water partition coefficient (Wildman–Crippen LogP) is 5.24. The summed E-state index contributed by atoms with van der Waals surface area (Å²) in [6.07, 6.45) is 3.96. The van der Waals surface area contributed by atoms with Gasteiger partial charge in [0, 0.05) is 29.5 Å². The van der Waals surface area contributed by atoms with Gasteiger partial charge in [-0.05, 0) is 60.0 Å². The molecule has 122 valence electrons. The zero-order chi connectivity index (χ0) is 16.9. The van der Waals surface area contributed by atoms with Gasteiger partial charge in [-0.1, -0.05) is 26.0 Å². The van der Waals surface area contributed by atoms with E-state index in [0.29, 0.717) is 5.92 Å². The summed E-state index contributed by atoms with van der Waals surface area (Å²) in [6.45, 7) is 4.29. The van der Waals surface area contributed by atoms with Gasteiger partial charge in [0.05, 0.1) is 0 Å². The van der Waals surface area contributed by atoms with E-state index in [-0.39, 0.29) is 6.03 Å². The predicted molar refractivity (Wildman–Crippen MR) is 98.9 cm³/mol. The average Bonchev–Trinajstić information content (AvgIpc) is 3.10. The van der Waals surface area contributed by atoms with Crippen LogP contribution in [0, 0.1) is 0 Å². The highest BCUT2D eigenvalue weighted by Gasteiger charge is 2.04. The van der Waals surface area contributed by atoms with E-state index in [0.717, 1.165) is 17.1 Å². The third-order valence-electron chi connectivity index (χ3n) is 3.86. The SMILES string of the molecule is CC(C)c1ccc(NC(=O)Nc2ccc(-n3cccc3)cc2)cc1. The molecule has 4 heteroatoms. The highest BCUT2D eigenvalue weighted by molar-refractivity contribution is 5.99. The number of carbonyl (C=O) groups excluding carboxylic acids is 1. The number of carbonyl (C=O) groups is 1. The van der Waals surface area contributed by atoms with Crippen molar-refractivity contribution in [2.75, 3.05) is 10.6 Å². The minimum atomic E-state index is -0.249. The van der Waals surface area contributed by atoms with Crippen molar-refractivity contribution in [3.8, 4) is 5.69 Å². The van der Waals surface area contributed by atoms with Gasteiger partial charge in [-0.2, -0.15) is 0 Å². The molecule has 0 aliphatic heterocycles. The number of amides is 2. The van der Waals surface area contributed by atoms with Gasteiger partial charge in [0.25, 0.3) is 0 Å². The van der Waals surface area contributed by atoms with E-state index in [9.17, 15) is 4.79 Å². The van der Waals surface area contributed by atoms with E-state index in [1.165, 1.54) is 5.56 Å². The standard InChI is InChI=1S/C20H21N3O/c1-15(2)16-5-7-17(8-6-16)21-20(24)22-18-9-11-19(12-10-18)23-13-3-4-14-23/h3-15H,1-2H3,(H2,21,22,24). The lowest BCUT2D eigenvalue weighted by Crippen LogP contribution is -2.19. The second-order valence-electron chi connectivity index (χ2n) is 5.99. The maximum Gasteiger partial charge on any atom is 0.323 e. The lowest BCUT2D eigenvalue weighted by Gasteiger charge is -2.10. The summed E-state index contributed by atoms with van der Waals surface area (Å²) in [6, 6.07) is 19.3. The topological polar surface area (TPSA) is 46.1 Å². The highest BCUT2D eigenvalue weighted by Crippen LogP contribution is 2.18. The maximum atomic E-state index is 12.1. The van der Waals surface area contributed by atoms with Crippen molar-refractivity contribution in [3.63, 3.8) is 0 Å². The lowest BCUT2D eigenvalue weighted by molar-refractivity contribution is 0.262. The molecule has 1 aromatic heterocycles. The molecular formula is C20H21N3O. The average molecular weight is 319 g/mol. The molecule has 0 aliphatic rings. The van der Waals surface area contributed by atoms with Crippen molar-refractivity contribution in [3.05, 3.63) is 78.6 Å². The molecule has 3 aromatic rings. The normalized spacial score (nSPS) is 10.6. The fraction of sp³-hybridized carbons (Fsp3) is 0.150. The number of rotatable bonds is 4. The van der Waals surface area contributed by atoms with Gasteiger partial charge in [0.15, 0.2) is 0 Å². The molecule has 0 atom stereocenters. The molecule has 0 aliphatic carbocycles. The van der Waals surface area contributed by atoms with E-state index in [1.54, 1.807) is 0 Å². The fourth-order valence-corrected chi connectivity index (χ4v) is 2.47. The minimum absolute atomic E-state index is 0.249. The highest BCUT2D eigenvalue weighted by atomic mass is 16.2. The number of urea groups is 1. The Hall–Kier alpha value is -3.01. The molecule has 0 spiro atoms. The van der Waals surface area contributed by atoms with Crippen LogP contribution in [0.25, 0.3) is 5.69 Å². The van der Waals surface area contributed by atoms with Crippen molar-refractivity contribution in [2.45, 2.75) is 19.8 Å². The van der Waals surface area contributed by atoms with E-state index < -0.39 is 0 Å². The Balaban J connectivity index is 1.60. The molecule has 0 saturated heterocycles. The summed E-state index contributed by atoms with van der Waals surface area (Å²) in [7, 11) is 0. The zero-order valence-corrected chi connectivity index (χ0v) is 13.9. The van der Waals surface area contributed by atoms with Gasteiger partial charge >= 0.3 is 6.03 Å². The summed E-state index contributed by atoms with van der Waals surface area (Å²) in [5.41, 5.74) is 3.83. The molecule has 2 N–H and O–H groups in total. The van der Waals surface area contributed by atoms with Gasteiger partial charge in [-0.15, -0.1) is 0 Å². The van der Waals surface area contributed by atoms with Crippen LogP contribution in [0.3, 0.4) is 0 Å². The molecule has 4 nitrogen and oxygen atoms in total. The van der Waals surface area contributed by atoms with Gasteiger partial charge in [-0.3, -0.25) is 0 Å². The zero-order valence-electron chi connectivity index (χ0n) is 13.9. The number of hydrogen-bond donors (Lipinski definition) is 2. The number of aromatic nitrogens is 1. The van der Waals surface area contributed by atoms with Crippen LogP contribution in [-0.2, 0) is 0 Å². The number of nitrogens with one attached hydrogen (secondary N) is 2. The van der Waals surface area contributed by atoms with Crippen LogP contribution in [0.1, 0.15) is 25.3 Å². The van der Waals surface area contributed by atoms with E-state index in [1.807, 2.05) is 77.6 Å². The second-order valence-corrected chi connectivity index (χ2v) is 5.99. The Morgan fingerprint density at radius 2 is 1.33 bits per heavy atom. The smallest absolute Gasteiger partial charge is 0.323 e. The Bertz CT molecular complexity index is 788. The summed E-state index contributed by atoms with van der Waals surface area (Å²) < 4.78 is 2.01. The van der Waals surface area contributed by atoms with E-state index >= 15 is 0 Å². The molecule has 1 heterocycles. The van der Waals surface area contributed by atoms with Gasteiger partial charge < -0.3 is 15.2 Å². The number of benzene rings is 2. The van der Waals surface area contributed by atoms with Crippen LogP contribution >= 0.6 is 0 Å². The first-order valence-corrected chi connectivity index (χ1v) is 8.03. The lowest BCUT2D eigenvalue weighted by atomic mass is 10.0. The molecule has 2 aromatic carbocycles. The van der Waals surface area contributed by atoms with Crippen molar-refractivity contribution >= 4 is 17.4 Å².